The average molecular weight is 304 g/mol. The van der Waals surface area contributed by atoms with Crippen molar-refractivity contribution in [3.8, 4) is 11.1 Å². The molecule has 1 N–H and O–H groups in total. The fourth-order valence-corrected chi connectivity index (χ4v) is 4.51. The van der Waals surface area contributed by atoms with Crippen molar-refractivity contribution in [1.29, 1.82) is 0 Å². The highest BCUT2D eigenvalue weighted by molar-refractivity contribution is 5.82. The summed E-state index contributed by atoms with van der Waals surface area (Å²) in [6.07, 6.45) is 1.05. The third-order valence-corrected chi connectivity index (χ3v) is 5.66. The first-order valence-corrected chi connectivity index (χ1v) is 8.48. The number of carbonyl (C=O) groups is 1. The van der Waals surface area contributed by atoms with Crippen LogP contribution in [0.2, 0.25) is 0 Å². The maximum Gasteiger partial charge on any atom is 0.224 e. The Morgan fingerprint density at radius 2 is 1.91 bits per heavy atom. The summed E-state index contributed by atoms with van der Waals surface area (Å²) in [6.45, 7) is 3.78. The molecule has 3 heteroatoms. The second-order valence-electron chi connectivity index (χ2n) is 7.13. The minimum Gasteiger partial charge on any atom is -0.355 e. The predicted molar refractivity (Wildman–Crippen MR) is 90.0 cm³/mol. The van der Waals surface area contributed by atoms with Gasteiger partial charge in [-0.25, -0.2) is 0 Å². The van der Waals surface area contributed by atoms with Gasteiger partial charge in [-0.05, 0) is 34.2 Å². The van der Waals surface area contributed by atoms with Crippen molar-refractivity contribution in [3.63, 3.8) is 0 Å². The van der Waals surface area contributed by atoms with Gasteiger partial charge in [-0.15, -0.1) is 0 Å². The molecule has 0 saturated carbocycles. The van der Waals surface area contributed by atoms with Crippen LogP contribution in [-0.4, -0.2) is 30.4 Å². The third kappa shape index (κ3) is 2.11. The molecule has 5 rings (SSSR count). The Balaban J connectivity index is 1.36. The van der Waals surface area contributed by atoms with Crippen LogP contribution >= 0.6 is 0 Å². The van der Waals surface area contributed by atoms with Gasteiger partial charge in [-0.3, -0.25) is 9.69 Å². The van der Waals surface area contributed by atoms with Crippen LogP contribution in [0.15, 0.2) is 42.5 Å². The third-order valence-electron chi connectivity index (χ3n) is 5.66. The largest absolute Gasteiger partial charge is 0.355 e. The van der Waals surface area contributed by atoms with Gasteiger partial charge in [0, 0.05) is 32.1 Å². The number of fused-ring (bicyclic) bond motifs is 4. The molecule has 116 valence electrons. The van der Waals surface area contributed by atoms with E-state index in [-0.39, 0.29) is 11.8 Å². The maximum atomic E-state index is 11.8. The van der Waals surface area contributed by atoms with Gasteiger partial charge >= 0.3 is 0 Å². The number of likely N-dealkylation sites (tertiary alicyclic amines) is 1. The minimum atomic E-state index is 0.216. The second kappa shape index (κ2) is 4.93. The highest BCUT2D eigenvalue weighted by Gasteiger charge is 2.41. The number of carbonyl (C=O) groups excluding carboxylic acids is 1. The van der Waals surface area contributed by atoms with E-state index in [1.54, 1.807) is 0 Å². The lowest BCUT2D eigenvalue weighted by Gasteiger charge is -2.17. The van der Waals surface area contributed by atoms with Crippen LogP contribution < -0.4 is 5.32 Å². The first-order chi connectivity index (χ1) is 11.3. The summed E-state index contributed by atoms with van der Waals surface area (Å²) in [5.41, 5.74) is 7.04. The van der Waals surface area contributed by atoms with Crippen LogP contribution in [0.25, 0.3) is 11.1 Å². The summed E-state index contributed by atoms with van der Waals surface area (Å²) in [6, 6.07) is 15.6. The Morgan fingerprint density at radius 3 is 2.83 bits per heavy atom. The second-order valence-corrected chi connectivity index (χ2v) is 7.13. The molecule has 1 amide bonds. The van der Waals surface area contributed by atoms with E-state index in [4.69, 9.17) is 0 Å². The van der Waals surface area contributed by atoms with E-state index in [0.29, 0.717) is 5.92 Å². The van der Waals surface area contributed by atoms with Crippen LogP contribution in [0.3, 0.4) is 0 Å². The van der Waals surface area contributed by atoms with Gasteiger partial charge in [-0.2, -0.15) is 0 Å². The molecule has 3 aliphatic rings. The monoisotopic (exact) mass is 304 g/mol. The Labute approximate surface area is 136 Å². The predicted octanol–water partition coefficient (Wildman–Crippen LogP) is 2.44. The van der Waals surface area contributed by atoms with Crippen LogP contribution in [0.4, 0.5) is 0 Å². The van der Waals surface area contributed by atoms with Crippen molar-refractivity contribution in [2.75, 3.05) is 19.6 Å². The number of amides is 1. The molecular formula is C20H20N2O. The fourth-order valence-electron chi connectivity index (χ4n) is 4.51. The molecule has 2 aromatic rings. The molecule has 23 heavy (non-hydrogen) atoms. The molecule has 0 radical (unpaired) electrons. The zero-order chi connectivity index (χ0) is 15.4. The molecule has 0 unspecified atom stereocenters. The van der Waals surface area contributed by atoms with Crippen LogP contribution in [0, 0.1) is 11.8 Å². The molecule has 2 aromatic carbocycles. The van der Waals surface area contributed by atoms with E-state index >= 15 is 0 Å². The van der Waals surface area contributed by atoms with E-state index in [1.165, 1.54) is 27.8 Å². The van der Waals surface area contributed by atoms with Crippen molar-refractivity contribution in [2.45, 2.75) is 13.0 Å². The summed E-state index contributed by atoms with van der Waals surface area (Å²) >= 11 is 0. The van der Waals surface area contributed by atoms with Crippen molar-refractivity contribution >= 4 is 5.91 Å². The smallest absolute Gasteiger partial charge is 0.224 e. The number of nitrogens with one attached hydrogen (secondary N) is 1. The van der Waals surface area contributed by atoms with Gasteiger partial charge < -0.3 is 5.32 Å². The Morgan fingerprint density at radius 1 is 1.04 bits per heavy atom. The fraction of sp³-hybridized carbons (Fsp3) is 0.350. The van der Waals surface area contributed by atoms with Crippen molar-refractivity contribution < 1.29 is 4.79 Å². The van der Waals surface area contributed by atoms with Gasteiger partial charge in [-0.1, -0.05) is 42.5 Å². The Bertz CT molecular complexity index is 798. The molecule has 3 nitrogen and oxygen atoms in total. The van der Waals surface area contributed by atoms with Gasteiger partial charge in [0.15, 0.2) is 0 Å². The van der Waals surface area contributed by atoms with E-state index in [0.717, 1.165) is 32.6 Å². The SMILES string of the molecule is O=C1NC[C@H]2CN(Cc3ccc4c(c3)Cc3ccccc3-4)C[C@@H]12. The summed E-state index contributed by atoms with van der Waals surface area (Å²) in [5, 5.41) is 2.98. The van der Waals surface area contributed by atoms with Gasteiger partial charge in [0.2, 0.25) is 5.91 Å². The van der Waals surface area contributed by atoms with Crippen LogP contribution in [-0.2, 0) is 17.8 Å². The first-order valence-electron chi connectivity index (χ1n) is 8.48. The number of hydrogen-bond acceptors (Lipinski definition) is 2. The highest BCUT2D eigenvalue weighted by atomic mass is 16.2. The molecule has 2 saturated heterocycles. The molecular weight excluding hydrogens is 284 g/mol. The van der Waals surface area contributed by atoms with Crippen LogP contribution in [0.1, 0.15) is 16.7 Å². The molecule has 2 fully saturated rings. The molecule has 2 atom stereocenters. The first kappa shape index (κ1) is 13.3. The number of benzene rings is 2. The molecule has 1 aliphatic carbocycles. The van der Waals surface area contributed by atoms with Crippen molar-refractivity contribution in [1.82, 2.24) is 10.2 Å². The Kier molecular flexibility index (Phi) is 2.86. The van der Waals surface area contributed by atoms with Gasteiger partial charge in [0.25, 0.3) is 0 Å². The quantitative estimate of drug-likeness (QED) is 0.789. The summed E-state index contributed by atoms with van der Waals surface area (Å²) < 4.78 is 0. The topological polar surface area (TPSA) is 32.3 Å². The lowest BCUT2D eigenvalue weighted by Crippen LogP contribution is -2.28. The van der Waals surface area contributed by atoms with Gasteiger partial charge in [0.1, 0.15) is 0 Å². The Hall–Kier alpha value is -2.13. The molecule has 2 heterocycles. The summed E-state index contributed by atoms with van der Waals surface area (Å²) in [5.74, 6) is 0.983. The van der Waals surface area contributed by atoms with E-state index in [2.05, 4.69) is 52.7 Å². The molecule has 0 bridgehead atoms. The van der Waals surface area contributed by atoms with E-state index < -0.39 is 0 Å². The zero-order valence-corrected chi connectivity index (χ0v) is 13.1. The number of rotatable bonds is 2. The highest BCUT2D eigenvalue weighted by Crippen LogP contribution is 2.37. The molecule has 0 spiro atoms. The van der Waals surface area contributed by atoms with E-state index in [9.17, 15) is 4.79 Å². The van der Waals surface area contributed by atoms with Gasteiger partial charge in [0.05, 0.1) is 5.92 Å². The lowest BCUT2D eigenvalue weighted by molar-refractivity contribution is -0.122. The lowest BCUT2D eigenvalue weighted by atomic mass is 10.0. The average Bonchev–Trinajstić information content (AvgIpc) is 3.21. The summed E-state index contributed by atoms with van der Waals surface area (Å²) in [7, 11) is 0. The maximum absolute atomic E-state index is 11.8. The molecule has 0 aromatic heterocycles. The van der Waals surface area contributed by atoms with Crippen molar-refractivity contribution in [3.05, 3.63) is 59.2 Å². The van der Waals surface area contributed by atoms with Crippen molar-refractivity contribution in [2.24, 2.45) is 11.8 Å². The zero-order valence-electron chi connectivity index (χ0n) is 13.1. The van der Waals surface area contributed by atoms with E-state index in [1.807, 2.05) is 0 Å². The minimum absolute atomic E-state index is 0.216. The number of nitrogens with zero attached hydrogens (tertiary/aromatic N) is 1. The molecule has 2 aliphatic heterocycles. The van der Waals surface area contributed by atoms with Crippen LogP contribution in [0.5, 0.6) is 0 Å². The normalized spacial score (nSPS) is 25.1. The standard InChI is InChI=1S/C20H20N2O/c23-20-19-12-22(11-16(19)9-21-20)10-13-5-6-18-15(7-13)8-14-3-1-2-4-17(14)18/h1-7,16,19H,8-12H2,(H,21,23)/t16-,19+/m0/s1. The summed E-state index contributed by atoms with van der Waals surface area (Å²) in [4.78, 5) is 14.2. The number of hydrogen-bond donors (Lipinski definition) is 1.